The summed E-state index contributed by atoms with van der Waals surface area (Å²) in [6, 6.07) is 0. The Kier molecular flexibility index (Phi) is 2.82. The molecule has 7 nitrogen and oxygen atoms in total. The number of carbonyl (C=O) groups excluding carboxylic acids is 1. The Morgan fingerprint density at radius 3 is 2.93 bits per heavy atom. The van der Waals surface area contributed by atoms with Gasteiger partial charge in [-0.2, -0.15) is 4.98 Å². The minimum absolute atomic E-state index is 0.167. The summed E-state index contributed by atoms with van der Waals surface area (Å²) in [5.74, 6) is 0.811. The van der Waals surface area contributed by atoms with E-state index in [-0.39, 0.29) is 5.91 Å². The van der Waals surface area contributed by atoms with Crippen molar-refractivity contribution in [3.8, 4) is 0 Å². The lowest BCUT2D eigenvalue weighted by atomic mass is 10.4. The van der Waals surface area contributed by atoms with Crippen molar-refractivity contribution >= 4 is 17.8 Å². The second-order valence-corrected chi connectivity index (χ2v) is 3.26. The van der Waals surface area contributed by atoms with E-state index in [0.717, 1.165) is 13.1 Å². The molecule has 1 saturated heterocycles. The zero-order valence-corrected chi connectivity index (χ0v) is 8.49. The van der Waals surface area contributed by atoms with Crippen molar-refractivity contribution < 1.29 is 9.53 Å². The standard InChI is InChI=1S/C8H13N5O2/c1-6(14)9-7-10-8(12-11-7)13-2-4-15-5-3-13/h2-5H2,1H3,(H2,9,10,11,12,14). The van der Waals surface area contributed by atoms with E-state index in [1.54, 1.807) is 0 Å². The zero-order chi connectivity index (χ0) is 10.7. The summed E-state index contributed by atoms with van der Waals surface area (Å²) < 4.78 is 5.22. The van der Waals surface area contributed by atoms with E-state index in [1.165, 1.54) is 6.92 Å². The molecule has 0 atom stereocenters. The van der Waals surface area contributed by atoms with Crippen LogP contribution in [0.1, 0.15) is 6.92 Å². The first-order valence-electron chi connectivity index (χ1n) is 4.78. The van der Waals surface area contributed by atoms with Crippen LogP contribution in [0, 0.1) is 0 Å². The molecule has 0 radical (unpaired) electrons. The van der Waals surface area contributed by atoms with Crippen molar-refractivity contribution in [2.45, 2.75) is 6.92 Å². The molecular formula is C8H13N5O2. The summed E-state index contributed by atoms with van der Waals surface area (Å²) in [7, 11) is 0. The molecule has 1 aromatic heterocycles. The number of anilines is 2. The lowest BCUT2D eigenvalue weighted by Gasteiger charge is -2.25. The lowest BCUT2D eigenvalue weighted by molar-refractivity contribution is -0.114. The minimum Gasteiger partial charge on any atom is -0.378 e. The summed E-state index contributed by atoms with van der Waals surface area (Å²) in [5.41, 5.74) is 0. The quantitative estimate of drug-likeness (QED) is 0.695. The summed E-state index contributed by atoms with van der Waals surface area (Å²) in [4.78, 5) is 16.9. The van der Waals surface area contributed by atoms with Gasteiger partial charge in [0.2, 0.25) is 17.8 Å². The zero-order valence-electron chi connectivity index (χ0n) is 8.49. The molecule has 0 aromatic carbocycles. The van der Waals surface area contributed by atoms with Crippen LogP contribution in [0.3, 0.4) is 0 Å². The Hall–Kier alpha value is -1.63. The Labute approximate surface area is 86.8 Å². The Morgan fingerprint density at radius 1 is 1.53 bits per heavy atom. The van der Waals surface area contributed by atoms with Crippen LogP contribution < -0.4 is 10.2 Å². The molecule has 1 aromatic rings. The monoisotopic (exact) mass is 211 g/mol. The molecule has 0 saturated carbocycles. The molecule has 82 valence electrons. The van der Waals surface area contributed by atoms with Crippen LogP contribution in [0.15, 0.2) is 0 Å². The van der Waals surface area contributed by atoms with E-state index >= 15 is 0 Å². The maximum Gasteiger partial charge on any atom is 0.246 e. The van der Waals surface area contributed by atoms with E-state index < -0.39 is 0 Å². The van der Waals surface area contributed by atoms with Crippen LogP contribution in [0.25, 0.3) is 0 Å². The van der Waals surface area contributed by atoms with E-state index in [1.807, 2.05) is 4.90 Å². The molecule has 0 aliphatic carbocycles. The van der Waals surface area contributed by atoms with Crippen LogP contribution >= 0.6 is 0 Å². The van der Waals surface area contributed by atoms with Crippen molar-refractivity contribution in [2.24, 2.45) is 0 Å². The molecule has 2 rings (SSSR count). The van der Waals surface area contributed by atoms with Gasteiger partial charge in [0.05, 0.1) is 13.2 Å². The highest BCUT2D eigenvalue weighted by molar-refractivity contribution is 5.86. The van der Waals surface area contributed by atoms with Crippen molar-refractivity contribution in [3.05, 3.63) is 0 Å². The largest absolute Gasteiger partial charge is 0.378 e. The predicted molar refractivity (Wildman–Crippen MR) is 53.7 cm³/mol. The number of H-pyrrole nitrogens is 1. The number of aromatic amines is 1. The third-order valence-electron chi connectivity index (χ3n) is 2.06. The Balaban J connectivity index is 2.02. The first-order chi connectivity index (χ1) is 7.25. The van der Waals surface area contributed by atoms with Gasteiger partial charge in [0.15, 0.2) is 0 Å². The Morgan fingerprint density at radius 2 is 2.27 bits per heavy atom. The number of hydrogen-bond donors (Lipinski definition) is 2. The van der Waals surface area contributed by atoms with Crippen molar-refractivity contribution in [1.82, 2.24) is 15.2 Å². The maximum atomic E-state index is 10.8. The van der Waals surface area contributed by atoms with Gasteiger partial charge < -0.3 is 9.64 Å². The van der Waals surface area contributed by atoms with Gasteiger partial charge in [0, 0.05) is 20.0 Å². The van der Waals surface area contributed by atoms with Gasteiger partial charge in [-0.3, -0.25) is 10.1 Å². The number of aromatic nitrogens is 3. The van der Waals surface area contributed by atoms with E-state index in [2.05, 4.69) is 20.5 Å². The minimum atomic E-state index is -0.167. The molecule has 2 heterocycles. The number of morpholine rings is 1. The third-order valence-corrected chi connectivity index (χ3v) is 2.06. The van der Waals surface area contributed by atoms with Crippen LogP contribution in [0.2, 0.25) is 0 Å². The number of nitrogens with one attached hydrogen (secondary N) is 2. The van der Waals surface area contributed by atoms with Gasteiger partial charge in [-0.25, -0.2) is 5.10 Å². The second kappa shape index (κ2) is 4.26. The van der Waals surface area contributed by atoms with E-state index in [9.17, 15) is 4.79 Å². The van der Waals surface area contributed by atoms with Gasteiger partial charge in [-0.05, 0) is 0 Å². The molecule has 2 N–H and O–H groups in total. The molecule has 1 aliphatic rings. The van der Waals surface area contributed by atoms with E-state index in [0.29, 0.717) is 25.1 Å². The molecule has 0 spiro atoms. The fourth-order valence-electron chi connectivity index (χ4n) is 1.38. The number of amides is 1. The number of hydrogen-bond acceptors (Lipinski definition) is 5. The highest BCUT2D eigenvalue weighted by Gasteiger charge is 2.15. The molecule has 1 amide bonds. The first kappa shape index (κ1) is 9.91. The van der Waals surface area contributed by atoms with Crippen molar-refractivity contribution in [1.29, 1.82) is 0 Å². The van der Waals surface area contributed by atoms with Gasteiger partial charge in [0.25, 0.3) is 0 Å². The van der Waals surface area contributed by atoms with Gasteiger partial charge >= 0.3 is 0 Å². The molecule has 0 unspecified atom stereocenters. The van der Waals surface area contributed by atoms with Crippen LogP contribution in [-0.4, -0.2) is 47.4 Å². The van der Waals surface area contributed by atoms with Crippen LogP contribution in [0.4, 0.5) is 11.9 Å². The highest BCUT2D eigenvalue weighted by Crippen LogP contribution is 2.11. The molecule has 1 fully saturated rings. The number of carbonyl (C=O) groups is 1. The fraction of sp³-hybridized carbons (Fsp3) is 0.625. The normalized spacial score (nSPS) is 16.5. The predicted octanol–water partition coefficient (Wildman–Crippen LogP) is -0.400. The van der Waals surface area contributed by atoms with Gasteiger partial charge in [-0.15, -0.1) is 5.10 Å². The molecule has 15 heavy (non-hydrogen) atoms. The SMILES string of the molecule is CC(=O)Nc1nc(N2CCOCC2)n[nH]1. The number of ether oxygens (including phenoxy) is 1. The van der Waals surface area contributed by atoms with Crippen molar-refractivity contribution in [3.63, 3.8) is 0 Å². The van der Waals surface area contributed by atoms with E-state index in [4.69, 9.17) is 4.74 Å². The smallest absolute Gasteiger partial charge is 0.246 e. The fourth-order valence-corrected chi connectivity index (χ4v) is 1.38. The first-order valence-corrected chi connectivity index (χ1v) is 4.78. The number of nitrogens with zero attached hydrogens (tertiary/aromatic N) is 3. The summed E-state index contributed by atoms with van der Waals surface area (Å²) in [5, 5.41) is 9.21. The average molecular weight is 211 g/mol. The Bertz CT molecular complexity index is 345. The molecule has 1 aliphatic heterocycles. The second-order valence-electron chi connectivity index (χ2n) is 3.26. The summed E-state index contributed by atoms with van der Waals surface area (Å²) in [6.07, 6.45) is 0. The van der Waals surface area contributed by atoms with Crippen molar-refractivity contribution in [2.75, 3.05) is 36.5 Å². The summed E-state index contributed by atoms with van der Waals surface area (Å²) in [6.45, 7) is 4.35. The van der Waals surface area contributed by atoms with Gasteiger partial charge in [0.1, 0.15) is 0 Å². The van der Waals surface area contributed by atoms with Crippen LogP contribution in [-0.2, 0) is 9.53 Å². The van der Waals surface area contributed by atoms with Gasteiger partial charge in [-0.1, -0.05) is 0 Å². The lowest BCUT2D eigenvalue weighted by Crippen LogP contribution is -2.36. The topological polar surface area (TPSA) is 83.1 Å². The average Bonchev–Trinajstić information content (AvgIpc) is 2.67. The highest BCUT2D eigenvalue weighted by atomic mass is 16.5. The van der Waals surface area contributed by atoms with Crippen LogP contribution in [0.5, 0.6) is 0 Å². The third kappa shape index (κ3) is 2.44. The molecule has 7 heteroatoms. The molecule has 0 bridgehead atoms. The maximum absolute atomic E-state index is 10.8. The number of rotatable bonds is 2. The summed E-state index contributed by atoms with van der Waals surface area (Å²) >= 11 is 0. The molecular weight excluding hydrogens is 198 g/mol.